The van der Waals surface area contributed by atoms with Gasteiger partial charge in [-0.2, -0.15) is 5.26 Å². The second-order valence-corrected chi connectivity index (χ2v) is 2.41. The van der Waals surface area contributed by atoms with Gasteiger partial charge >= 0.3 is 51.4 Å². The summed E-state index contributed by atoms with van der Waals surface area (Å²) in [7, 11) is 0. The normalized spacial score (nSPS) is 9.19. The molecule has 1 rings (SSSR count). The Morgan fingerprint density at radius 2 is 1.44 bits per heavy atom. The van der Waals surface area contributed by atoms with Gasteiger partial charge < -0.3 is 9.90 Å². The summed E-state index contributed by atoms with van der Waals surface area (Å²) in [5, 5.41) is 18.3. The summed E-state index contributed by atoms with van der Waals surface area (Å²) in [5.74, 6) is -10.9. The van der Waals surface area contributed by atoms with Crippen LogP contribution in [0, 0.1) is 34.6 Å². The van der Waals surface area contributed by atoms with Gasteiger partial charge in [-0.05, 0) is 0 Å². The Balaban J connectivity index is 0.00000225. The van der Waals surface area contributed by atoms with Crippen molar-refractivity contribution in [1.82, 2.24) is 0 Å². The molecule has 16 heavy (non-hydrogen) atoms. The number of carboxylic acid groups (broad SMARTS) is 1. The van der Waals surface area contributed by atoms with E-state index >= 15 is 0 Å². The van der Waals surface area contributed by atoms with Crippen molar-refractivity contribution in [3.63, 3.8) is 0 Å². The Hall–Kier alpha value is -0.464. The van der Waals surface area contributed by atoms with Crippen molar-refractivity contribution < 1.29 is 78.8 Å². The van der Waals surface area contributed by atoms with Crippen LogP contribution in [0.5, 0.6) is 0 Å². The molecule has 0 saturated heterocycles. The number of aromatic carboxylic acids is 1. The Labute approximate surface area is 129 Å². The molecule has 0 saturated carbocycles. The molecule has 0 N–H and O–H groups in total. The minimum Gasteiger partial charge on any atom is -0.545 e. The van der Waals surface area contributed by atoms with Crippen molar-refractivity contribution in [1.29, 1.82) is 5.26 Å². The maximum Gasteiger partial charge on any atom is 1.00 e. The molecule has 0 radical (unpaired) electrons. The van der Waals surface area contributed by atoms with Gasteiger partial charge in [0, 0.05) is 0 Å². The maximum atomic E-state index is 12.8. The fraction of sp³-hybridized carbons (Fsp3) is 0. The van der Waals surface area contributed by atoms with Gasteiger partial charge in [-0.15, -0.1) is 0 Å². The van der Waals surface area contributed by atoms with Crippen LogP contribution < -0.4 is 56.5 Å². The standard InChI is InChI=1S/C8HF4NO2.K/c9-4-2(1-13)5(10)7(12)3(6(4)11)8(14)15;/h(H,14,15);/q;+1/p-1. The summed E-state index contributed by atoms with van der Waals surface area (Å²) >= 11 is 0. The molecule has 0 spiro atoms. The fourth-order valence-corrected chi connectivity index (χ4v) is 0.909. The Bertz CT molecular complexity index is 469. The number of hydrogen-bond donors (Lipinski definition) is 0. The largest absolute Gasteiger partial charge is 1.00 e. The van der Waals surface area contributed by atoms with Crippen LogP contribution in [0.25, 0.3) is 0 Å². The van der Waals surface area contributed by atoms with E-state index in [0.717, 1.165) is 6.07 Å². The minimum atomic E-state index is -2.41. The average Bonchev–Trinajstić information content (AvgIpc) is 2.16. The van der Waals surface area contributed by atoms with Gasteiger partial charge in [-0.3, -0.25) is 0 Å². The number of nitriles is 1. The van der Waals surface area contributed by atoms with Crippen molar-refractivity contribution in [3.8, 4) is 6.07 Å². The van der Waals surface area contributed by atoms with Crippen molar-refractivity contribution in [3.05, 3.63) is 34.4 Å². The molecule has 0 amide bonds. The van der Waals surface area contributed by atoms with E-state index in [2.05, 4.69) is 0 Å². The van der Waals surface area contributed by atoms with Crippen LogP contribution in [0.1, 0.15) is 15.9 Å². The SMILES string of the molecule is N#Cc1c(F)c(F)c(C(=O)[O-])c(F)c1F.[K+]. The van der Waals surface area contributed by atoms with Crippen molar-refractivity contribution in [2.75, 3.05) is 0 Å². The summed E-state index contributed by atoms with van der Waals surface area (Å²) < 4.78 is 51.1. The van der Waals surface area contributed by atoms with Gasteiger partial charge in [0.05, 0.1) is 11.5 Å². The minimum absolute atomic E-state index is 0. The van der Waals surface area contributed by atoms with E-state index in [1.165, 1.54) is 0 Å². The fourth-order valence-electron chi connectivity index (χ4n) is 0.909. The van der Waals surface area contributed by atoms with Crippen LogP contribution in [-0.4, -0.2) is 5.97 Å². The molecule has 0 bridgehead atoms. The molecule has 1 aromatic rings. The number of carboxylic acids is 1. The molecule has 0 aromatic heterocycles. The molecule has 8 heteroatoms. The third-order valence-corrected chi connectivity index (χ3v) is 1.58. The second-order valence-electron chi connectivity index (χ2n) is 2.41. The Morgan fingerprint density at radius 1 is 1.06 bits per heavy atom. The van der Waals surface area contributed by atoms with Gasteiger partial charge in [0.2, 0.25) is 0 Å². The number of carbonyl (C=O) groups excluding carboxylic acids is 1. The topological polar surface area (TPSA) is 63.9 Å². The summed E-state index contributed by atoms with van der Waals surface area (Å²) in [6.07, 6.45) is 0. The van der Waals surface area contributed by atoms with Crippen LogP contribution >= 0.6 is 0 Å². The third-order valence-electron chi connectivity index (χ3n) is 1.58. The zero-order valence-electron chi connectivity index (χ0n) is 7.78. The number of carbonyl (C=O) groups is 1. The van der Waals surface area contributed by atoms with Crippen LogP contribution in [-0.2, 0) is 0 Å². The first-order valence-electron chi connectivity index (χ1n) is 3.39. The quantitative estimate of drug-likeness (QED) is 0.317. The summed E-state index contributed by atoms with van der Waals surface area (Å²) in [6, 6.07) is 0.868. The molecular weight excluding hydrogens is 257 g/mol. The van der Waals surface area contributed by atoms with Crippen LogP contribution in [0.3, 0.4) is 0 Å². The zero-order valence-corrected chi connectivity index (χ0v) is 10.9. The first-order chi connectivity index (χ1) is 6.91. The summed E-state index contributed by atoms with van der Waals surface area (Å²) in [6.45, 7) is 0. The maximum absolute atomic E-state index is 12.8. The first-order valence-corrected chi connectivity index (χ1v) is 3.39. The molecule has 0 aliphatic rings. The molecule has 0 heterocycles. The van der Waals surface area contributed by atoms with E-state index in [0.29, 0.717) is 0 Å². The summed E-state index contributed by atoms with van der Waals surface area (Å²) in [4.78, 5) is 10.1. The van der Waals surface area contributed by atoms with Gasteiger partial charge in [0.15, 0.2) is 23.3 Å². The number of rotatable bonds is 1. The monoisotopic (exact) mass is 257 g/mol. The van der Waals surface area contributed by atoms with Gasteiger partial charge in [0.25, 0.3) is 0 Å². The molecule has 0 fully saturated rings. The van der Waals surface area contributed by atoms with E-state index in [1.54, 1.807) is 0 Å². The van der Waals surface area contributed by atoms with Gasteiger partial charge in [-0.25, -0.2) is 17.6 Å². The second kappa shape index (κ2) is 5.74. The van der Waals surface area contributed by atoms with E-state index in [1.807, 2.05) is 0 Å². The van der Waals surface area contributed by atoms with Crippen molar-refractivity contribution in [2.45, 2.75) is 0 Å². The Morgan fingerprint density at radius 3 is 1.69 bits per heavy atom. The number of benzene rings is 1. The molecule has 0 atom stereocenters. The third kappa shape index (κ3) is 2.44. The average molecular weight is 257 g/mol. The van der Waals surface area contributed by atoms with E-state index < -0.39 is 40.4 Å². The molecule has 3 nitrogen and oxygen atoms in total. The van der Waals surface area contributed by atoms with Gasteiger partial charge in [-0.1, -0.05) is 0 Å². The van der Waals surface area contributed by atoms with E-state index in [-0.39, 0.29) is 51.4 Å². The molecule has 78 valence electrons. The zero-order chi connectivity index (χ0) is 11.7. The number of halogens is 4. The van der Waals surface area contributed by atoms with E-state index in [9.17, 15) is 27.5 Å². The Kier molecular flexibility index (Phi) is 5.58. The van der Waals surface area contributed by atoms with Crippen LogP contribution in [0.15, 0.2) is 0 Å². The molecular formula is C8F4KNO2. The van der Waals surface area contributed by atoms with Crippen LogP contribution in [0.4, 0.5) is 17.6 Å². The smallest absolute Gasteiger partial charge is 0.545 e. The molecule has 0 aliphatic heterocycles. The first kappa shape index (κ1) is 15.5. The van der Waals surface area contributed by atoms with Gasteiger partial charge in [0.1, 0.15) is 11.6 Å². The van der Waals surface area contributed by atoms with Crippen molar-refractivity contribution >= 4 is 5.97 Å². The molecule has 1 aromatic carbocycles. The number of nitrogens with zero attached hydrogens (tertiary/aromatic N) is 1. The predicted molar refractivity (Wildman–Crippen MR) is 35.3 cm³/mol. The van der Waals surface area contributed by atoms with Crippen molar-refractivity contribution in [2.24, 2.45) is 0 Å². The number of hydrogen-bond acceptors (Lipinski definition) is 3. The van der Waals surface area contributed by atoms with Crippen LogP contribution in [0.2, 0.25) is 0 Å². The predicted octanol–water partition coefficient (Wildman–Crippen LogP) is -2.52. The molecule has 0 unspecified atom stereocenters. The molecule has 0 aliphatic carbocycles. The van der Waals surface area contributed by atoms with E-state index in [4.69, 9.17) is 5.26 Å². The summed E-state index contributed by atoms with van der Waals surface area (Å²) in [5.41, 5.74) is -3.39.